The average Bonchev–Trinajstić information content (AvgIpc) is 1.80. The number of quaternary nitrogens is 1. The highest BCUT2D eigenvalue weighted by Crippen LogP contribution is 2.03. The third kappa shape index (κ3) is 4.67. The van der Waals surface area contributed by atoms with Gasteiger partial charge >= 0.3 is 0 Å². The van der Waals surface area contributed by atoms with Crippen molar-refractivity contribution >= 4 is 0 Å². The minimum Gasteiger partial charge on any atom is -0.479 e. The van der Waals surface area contributed by atoms with Gasteiger partial charge in [-0.2, -0.15) is 0 Å². The van der Waals surface area contributed by atoms with Crippen LogP contribution in [0.2, 0.25) is 0 Å². The zero-order valence-corrected chi connectivity index (χ0v) is 8.38. The van der Waals surface area contributed by atoms with E-state index in [9.17, 15) is 0 Å². The van der Waals surface area contributed by atoms with Gasteiger partial charge in [-0.3, -0.25) is 0 Å². The van der Waals surface area contributed by atoms with Crippen molar-refractivity contribution in [3.05, 3.63) is 12.1 Å². The largest absolute Gasteiger partial charge is 0.479 e. The van der Waals surface area contributed by atoms with Crippen LogP contribution >= 0.6 is 0 Å². The van der Waals surface area contributed by atoms with E-state index < -0.39 is 0 Å². The molecule has 0 aliphatic heterocycles. The van der Waals surface area contributed by atoms with Crippen molar-refractivity contribution in [1.29, 1.82) is 0 Å². The van der Waals surface area contributed by atoms with Crippen LogP contribution in [0.1, 0.15) is 0 Å². The topological polar surface area (TPSA) is 12.5 Å². The molecule has 0 radical (unpaired) electrons. The first-order valence-corrected chi connectivity index (χ1v) is 3.62. The molecule has 0 fully saturated rings. The fourth-order valence-electron chi connectivity index (χ4n) is 0.682. The lowest BCUT2D eigenvalue weighted by Crippen LogP contribution is -2.30. The summed E-state index contributed by atoms with van der Waals surface area (Å²) in [5, 5.41) is 0. The summed E-state index contributed by atoms with van der Waals surface area (Å²) in [6.45, 7) is 0. The van der Waals surface area contributed by atoms with Gasteiger partial charge in [0.25, 0.3) is 0 Å². The number of nitrogens with zero attached hydrogens (tertiary/aromatic N) is 2. The minimum absolute atomic E-state index is 0.765. The van der Waals surface area contributed by atoms with Gasteiger partial charge in [-0.15, -0.1) is 0 Å². The minimum atomic E-state index is 0.765. The molecule has 0 aromatic carbocycles. The van der Waals surface area contributed by atoms with Crippen LogP contribution < -0.4 is 0 Å². The molecule has 0 aromatic rings. The van der Waals surface area contributed by atoms with Gasteiger partial charge in [0.15, 0.2) is 6.20 Å². The highest BCUT2D eigenvalue weighted by Gasteiger charge is 2.08. The fraction of sp³-hybridized carbons (Fsp3) is 0.750. The second kappa shape index (κ2) is 3.62. The molecule has 0 saturated carbocycles. The molecular weight excluding hydrogens is 140 g/mol. The van der Waals surface area contributed by atoms with Gasteiger partial charge in [0.2, 0.25) is 5.88 Å². The van der Waals surface area contributed by atoms with E-state index in [1.165, 1.54) is 0 Å². The standard InChI is InChI=1S/C8H19N2O/c1-9(2)8(11-6)7-10(3,4)5/h7H,1-6H3/q+1/b8-7-. The van der Waals surface area contributed by atoms with Crippen LogP contribution in [0, 0.1) is 0 Å². The zero-order valence-electron chi connectivity index (χ0n) is 8.38. The number of rotatable bonds is 3. The summed E-state index contributed by atoms with van der Waals surface area (Å²) in [4.78, 5) is 1.95. The van der Waals surface area contributed by atoms with E-state index in [-0.39, 0.29) is 0 Å². The summed E-state index contributed by atoms with van der Waals surface area (Å²) in [5.41, 5.74) is 0. The predicted octanol–water partition coefficient (Wildman–Crippen LogP) is 0.699. The van der Waals surface area contributed by atoms with E-state index in [1.54, 1.807) is 7.11 Å². The summed E-state index contributed by atoms with van der Waals surface area (Å²) in [7, 11) is 11.9. The zero-order chi connectivity index (χ0) is 9.07. The van der Waals surface area contributed by atoms with Gasteiger partial charge in [0, 0.05) is 14.1 Å². The first-order valence-electron chi connectivity index (χ1n) is 3.62. The highest BCUT2D eigenvalue weighted by atomic mass is 16.5. The molecule has 0 N–H and O–H groups in total. The number of methoxy groups -OCH3 is 1. The van der Waals surface area contributed by atoms with Gasteiger partial charge < -0.3 is 14.1 Å². The van der Waals surface area contributed by atoms with Gasteiger partial charge in [0.05, 0.1) is 28.3 Å². The van der Waals surface area contributed by atoms with Crippen LogP contribution in [-0.2, 0) is 4.74 Å². The van der Waals surface area contributed by atoms with Crippen molar-refractivity contribution in [3.63, 3.8) is 0 Å². The van der Waals surface area contributed by atoms with E-state index in [2.05, 4.69) is 21.1 Å². The number of hydrogen-bond donors (Lipinski definition) is 0. The van der Waals surface area contributed by atoms with Crippen molar-refractivity contribution in [2.24, 2.45) is 0 Å². The van der Waals surface area contributed by atoms with Crippen molar-refractivity contribution in [2.75, 3.05) is 42.3 Å². The smallest absolute Gasteiger partial charge is 0.244 e. The maximum Gasteiger partial charge on any atom is 0.244 e. The van der Waals surface area contributed by atoms with Gasteiger partial charge in [-0.05, 0) is 0 Å². The van der Waals surface area contributed by atoms with E-state index >= 15 is 0 Å². The second-order valence-corrected chi connectivity index (χ2v) is 3.68. The molecule has 0 heterocycles. The molecule has 0 aliphatic carbocycles. The molecule has 3 nitrogen and oxygen atoms in total. The average molecular weight is 159 g/mol. The van der Waals surface area contributed by atoms with Crippen molar-refractivity contribution in [3.8, 4) is 0 Å². The Morgan fingerprint density at radius 1 is 1.27 bits per heavy atom. The first-order chi connectivity index (χ1) is 4.87. The van der Waals surface area contributed by atoms with Crippen molar-refractivity contribution < 1.29 is 9.22 Å². The molecule has 0 bridgehead atoms. The Balaban J connectivity index is 4.36. The molecule has 0 saturated heterocycles. The van der Waals surface area contributed by atoms with Crippen molar-refractivity contribution in [1.82, 2.24) is 4.90 Å². The van der Waals surface area contributed by atoms with Gasteiger partial charge in [0.1, 0.15) is 0 Å². The van der Waals surface area contributed by atoms with E-state index in [1.807, 2.05) is 25.2 Å². The highest BCUT2D eigenvalue weighted by molar-refractivity contribution is 4.83. The normalized spacial score (nSPS) is 13.1. The Labute approximate surface area is 69.4 Å². The van der Waals surface area contributed by atoms with Gasteiger partial charge in [-0.1, -0.05) is 0 Å². The summed E-state index contributed by atoms with van der Waals surface area (Å²) in [5.74, 6) is 0.887. The Kier molecular flexibility index (Phi) is 3.39. The summed E-state index contributed by atoms with van der Waals surface area (Å²) in [6.07, 6.45) is 2.04. The predicted molar refractivity (Wildman–Crippen MR) is 46.8 cm³/mol. The second-order valence-electron chi connectivity index (χ2n) is 3.68. The third-order valence-electron chi connectivity index (χ3n) is 1.15. The summed E-state index contributed by atoms with van der Waals surface area (Å²) < 4.78 is 5.92. The maximum absolute atomic E-state index is 5.16. The molecule has 11 heavy (non-hydrogen) atoms. The molecule has 0 aromatic heterocycles. The van der Waals surface area contributed by atoms with Crippen molar-refractivity contribution in [2.45, 2.75) is 0 Å². The molecule has 0 aliphatic rings. The van der Waals surface area contributed by atoms with Crippen LogP contribution in [0.3, 0.4) is 0 Å². The Bertz CT molecular complexity index is 145. The van der Waals surface area contributed by atoms with Crippen LogP contribution in [0.15, 0.2) is 12.1 Å². The van der Waals surface area contributed by atoms with Crippen LogP contribution in [-0.4, -0.2) is 51.7 Å². The Morgan fingerprint density at radius 3 is 1.82 bits per heavy atom. The van der Waals surface area contributed by atoms with E-state index in [0.29, 0.717) is 0 Å². The van der Waals surface area contributed by atoms with Crippen LogP contribution in [0.5, 0.6) is 0 Å². The van der Waals surface area contributed by atoms with E-state index in [0.717, 1.165) is 10.4 Å². The SMILES string of the molecule is CO/C(=C\[N+](C)(C)C)N(C)C. The lowest BCUT2D eigenvalue weighted by molar-refractivity contribution is -0.818. The van der Waals surface area contributed by atoms with E-state index in [4.69, 9.17) is 4.74 Å². The lowest BCUT2D eigenvalue weighted by atomic mass is 10.6. The molecule has 0 atom stereocenters. The summed E-state index contributed by atoms with van der Waals surface area (Å²) in [6, 6.07) is 0. The lowest BCUT2D eigenvalue weighted by Gasteiger charge is -2.22. The third-order valence-corrected chi connectivity index (χ3v) is 1.15. The fourth-order valence-corrected chi connectivity index (χ4v) is 0.682. The maximum atomic E-state index is 5.16. The molecule has 66 valence electrons. The molecule has 0 unspecified atom stereocenters. The molecule has 0 amide bonds. The molecule has 0 rings (SSSR count). The number of ether oxygens (including phenoxy) is 1. The molecular formula is C8H19N2O+. The summed E-state index contributed by atoms with van der Waals surface area (Å²) >= 11 is 0. The van der Waals surface area contributed by atoms with Crippen LogP contribution in [0.4, 0.5) is 0 Å². The first kappa shape index (κ1) is 10.3. The number of hydrogen-bond acceptors (Lipinski definition) is 2. The quantitative estimate of drug-likeness (QED) is 0.444. The Morgan fingerprint density at radius 2 is 1.73 bits per heavy atom. The monoisotopic (exact) mass is 159 g/mol. The molecule has 0 spiro atoms. The van der Waals surface area contributed by atoms with Gasteiger partial charge in [-0.25, -0.2) is 0 Å². The van der Waals surface area contributed by atoms with Crippen LogP contribution in [0.25, 0.3) is 0 Å². The Hall–Kier alpha value is -0.700. The molecule has 3 heteroatoms.